The van der Waals surface area contributed by atoms with Gasteiger partial charge in [-0.3, -0.25) is 10.1 Å². The van der Waals surface area contributed by atoms with Crippen LogP contribution in [0.1, 0.15) is 44.7 Å². The number of ether oxygens (including phenoxy) is 1. The highest BCUT2D eigenvalue weighted by atomic mass is 17.1. The Bertz CT molecular complexity index is 990. The highest BCUT2D eigenvalue weighted by molar-refractivity contribution is 5.79. The molecule has 2 N–H and O–H groups in total. The lowest BCUT2D eigenvalue weighted by molar-refractivity contribution is -0.248. The van der Waals surface area contributed by atoms with E-state index in [0.717, 1.165) is 0 Å². The first-order valence-electron chi connectivity index (χ1n) is 9.35. The second-order valence-electron chi connectivity index (χ2n) is 7.89. The van der Waals surface area contributed by atoms with E-state index in [9.17, 15) is 9.90 Å². The van der Waals surface area contributed by atoms with E-state index in [1.807, 2.05) is 45.0 Å². The second kappa shape index (κ2) is 8.18. The van der Waals surface area contributed by atoms with Crippen molar-refractivity contribution in [2.45, 2.75) is 39.0 Å². The van der Waals surface area contributed by atoms with Crippen molar-refractivity contribution >= 4 is 17.0 Å². The summed E-state index contributed by atoms with van der Waals surface area (Å²) in [6.45, 7) is 7.50. The summed E-state index contributed by atoms with van der Waals surface area (Å²) < 4.78 is 5.12. The number of phenolic OH excluding ortho intramolecular Hbond substituents is 1. The second-order valence-corrected chi connectivity index (χ2v) is 7.89. The molecule has 3 aromatic rings. The normalized spacial score (nSPS) is 12.9. The molecule has 0 saturated heterocycles. The van der Waals surface area contributed by atoms with Gasteiger partial charge in [0, 0.05) is 5.56 Å². The number of fused-ring (bicyclic) bond motifs is 1. The lowest BCUT2D eigenvalue weighted by atomic mass is 9.83. The molecule has 8 nitrogen and oxygen atoms in total. The standard InChI is InChI=1S/C21H25N3O5/c1-13(20(26)28-9-10-29-27)14-11-15(21(2,3)4)19(25)18(12-14)24-22-16-7-5-6-8-17(16)23-24/h5-8,11-13,25,27H,9-10H2,1-4H3. The van der Waals surface area contributed by atoms with Crippen LogP contribution in [-0.2, 0) is 19.8 Å². The van der Waals surface area contributed by atoms with Gasteiger partial charge in [0.05, 0.1) is 5.92 Å². The van der Waals surface area contributed by atoms with Crippen LogP contribution < -0.4 is 0 Å². The molecule has 2 aromatic carbocycles. The number of aromatic nitrogens is 3. The number of phenols is 1. The molecule has 0 aliphatic rings. The summed E-state index contributed by atoms with van der Waals surface area (Å²) in [5.41, 5.74) is 2.75. The van der Waals surface area contributed by atoms with Crippen molar-refractivity contribution < 1.29 is 24.8 Å². The Morgan fingerprint density at radius 3 is 2.31 bits per heavy atom. The van der Waals surface area contributed by atoms with Crippen molar-refractivity contribution in [1.29, 1.82) is 0 Å². The van der Waals surface area contributed by atoms with Gasteiger partial charge in [0.2, 0.25) is 0 Å². The molecule has 0 radical (unpaired) electrons. The van der Waals surface area contributed by atoms with Crippen LogP contribution in [-0.4, -0.2) is 44.5 Å². The van der Waals surface area contributed by atoms with E-state index in [-0.39, 0.29) is 24.4 Å². The van der Waals surface area contributed by atoms with Gasteiger partial charge in [-0.1, -0.05) is 39.0 Å². The van der Waals surface area contributed by atoms with Gasteiger partial charge in [0.1, 0.15) is 35.7 Å². The maximum absolute atomic E-state index is 12.4. The Balaban J connectivity index is 2.08. The number of rotatable bonds is 6. The van der Waals surface area contributed by atoms with Crippen molar-refractivity contribution in [3.8, 4) is 11.4 Å². The Hall–Kier alpha value is -2.97. The number of hydrogen-bond acceptors (Lipinski definition) is 7. The number of benzene rings is 2. The predicted octanol–water partition coefficient (Wildman–Crippen LogP) is 3.56. The summed E-state index contributed by atoms with van der Waals surface area (Å²) in [5, 5.41) is 28.3. The number of carbonyl (C=O) groups is 1. The first-order valence-corrected chi connectivity index (χ1v) is 9.35. The molecule has 0 bridgehead atoms. The minimum absolute atomic E-state index is 0.0527. The summed E-state index contributed by atoms with van der Waals surface area (Å²) >= 11 is 0. The van der Waals surface area contributed by atoms with Crippen LogP contribution in [0.4, 0.5) is 0 Å². The SMILES string of the molecule is CC(C(=O)OCCOO)c1cc(-n2nc3ccccc3n2)c(O)c(C(C)(C)C)c1. The fourth-order valence-corrected chi connectivity index (χ4v) is 3.02. The number of carbonyl (C=O) groups excluding carboxylic acids is 1. The minimum Gasteiger partial charge on any atom is -0.505 e. The Morgan fingerprint density at radius 1 is 1.14 bits per heavy atom. The van der Waals surface area contributed by atoms with Gasteiger partial charge in [-0.2, -0.15) is 0 Å². The summed E-state index contributed by atoms with van der Waals surface area (Å²) in [6.07, 6.45) is 0. The van der Waals surface area contributed by atoms with E-state index < -0.39 is 11.9 Å². The molecule has 29 heavy (non-hydrogen) atoms. The zero-order valence-electron chi connectivity index (χ0n) is 16.9. The number of esters is 1. The van der Waals surface area contributed by atoms with Gasteiger partial charge in [0.25, 0.3) is 0 Å². The van der Waals surface area contributed by atoms with Crippen LogP contribution in [0.5, 0.6) is 5.75 Å². The van der Waals surface area contributed by atoms with Gasteiger partial charge in [0.15, 0.2) is 0 Å². The molecular weight excluding hydrogens is 374 g/mol. The van der Waals surface area contributed by atoms with Gasteiger partial charge in [-0.05, 0) is 36.1 Å². The predicted molar refractivity (Wildman–Crippen MR) is 107 cm³/mol. The number of aromatic hydroxyl groups is 1. The number of nitrogens with zero attached hydrogens (tertiary/aromatic N) is 3. The molecule has 8 heteroatoms. The molecular formula is C21H25N3O5. The summed E-state index contributed by atoms with van der Waals surface area (Å²) in [6, 6.07) is 10.9. The lowest BCUT2D eigenvalue weighted by Crippen LogP contribution is -2.19. The molecule has 3 rings (SSSR count). The summed E-state index contributed by atoms with van der Waals surface area (Å²) in [7, 11) is 0. The molecule has 0 fully saturated rings. The van der Waals surface area contributed by atoms with Crippen LogP contribution >= 0.6 is 0 Å². The van der Waals surface area contributed by atoms with Gasteiger partial charge < -0.3 is 9.84 Å². The fourth-order valence-electron chi connectivity index (χ4n) is 3.02. The highest BCUT2D eigenvalue weighted by Gasteiger charge is 2.26. The molecule has 1 heterocycles. The van der Waals surface area contributed by atoms with Gasteiger partial charge in [-0.25, -0.2) is 4.89 Å². The van der Waals surface area contributed by atoms with Gasteiger partial charge in [-0.15, -0.1) is 15.0 Å². The molecule has 0 amide bonds. The van der Waals surface area contributed by atoms with E-state index in [0.29, 0.717) is 27.8 Å². The van der Waals surface area contributed by atoms with Crippen LogP contribution in [0.15, 0.2) is 36.4 Å². The van der Waals surface area contributed by atoms with Crippen molar-refractivity contribution in [2.75, 3.05) is 13.2 Å². The zero-order valence-corrected chi connectivity index (χ0v) is 16.9. The largest absolute Gasteiger partial charge is 0.505 e. The first kappa shape index (κ1) is 20.8. The molecule has 154 valence electrons. The van der Waals surface area contributed by atoms with Crippen LogP contribution in [0.3, 0.4) is 0 Å². The third-order valence-electron chi connectivity index (χ3n) is 4.69. The zero-order chi connectivity index (χ0) is 21.2. The van der Waals surface area contributed by atoms with Crippen molar-refractivity contribution in [3.05, 3.63) is 47.5 Å². The Labute approximate surface area is 168 Å². The highest BCUT2D eigenvalue weighted by Crippen LogP contribution is 2.38. The molecule has 0 spiro atoms. The minimum atomic E-state index is -0.598. The number of hydrogen-bond donors (Lipinski definition) is 2. The molecule has 1 atom stereocenters. The monoisotopic (exact) mass is 399 g/mol. The molecule has 0 aliphatic heterocycles. The van der Waals surface area contributed by atoms with Crippen LogP contribution in [0, 0.1) is 0 Å². The summed E-state index contributed by atoms with van der Waals surface area (Å²) in [5.74, 6) is -0.993. The third kappa shape index (κ3) is 4.38. The van der Waals surface area contributed by atoms with Crippen LogP contribution in [0.2, 0.25) is 0 Å². The fraction of sp³-hybridized carbons (Fsp3) is 0.381. The van der Waals surface area contributed by atoms with E-state index in [2.05, 4.69) is 15.1 Å². The molecule has 1 unspecified atom stereocenters. The average molecular weight is 399 g/mol. The molecule has 0 aliphatic carbocycles. The van der Waals surface area contributed by atoms with Crippen molar-refractivity contribution in [1.82, 2.24) is 15.0 Å². The molecule has 1 aromatic heterocycles. The van der Waals surface area contributed by atoms with E-state index in [1.54, 1.807) is 19.1 Å². The van der Waals surface area contributed by atoms with Crippen LogP contribution in [0.25, 0.3) is 16.7 Å². The molecule has 0 saturated carbocycles. The lowest BCUT2D eigenvalue weighted by Gasteiger charge is -2.24. The quantitative estimate of drug-likeness (QED) is 0.282. The smallest absolute Gasteiger partial charge is 0.313 e. The Kier molecular flexibility index (Phi) is 5.86. The van der Waals surface area contributed by atoms with Crippen molar-refractivity contribution in [2.24, 2.45) is 0 Å². The third-order valence-corrected chi connectivity index (χ3v) is 4.69. The summed E-state index contributed by atoms with van der Waals surface area (Å²) in [4.78, 5) is 17.7. The first-order chi connectivity index (χ1) is 13.7. The van der Waals surface area contributed by atoms with E-state index in [4.69, 9.17) is 9.99 Å². The van der Waals surface area contributed by atoms with Crippen molar-refractivity contribution in [3.63, 3.8) is 0 Å². The van der Waals surface area contributed by atoms with E-state index in [1.165, 1.54) is 4.80 Å². The van der Waals surface area contributed by atoms with E-state index >= 15 is 0 Å². The van der Waals surface area contributed by atoms with Gasteiger partial charge >= 0.3 is 5.97 Å². The Morgan fingerprint density at radius 2 is 1.76 bits per heavy atom. The topological polar surface area (TPSA) is 107 Å². The maximum atomic E-state index is 12.4. The average Bonchev–Trinajstić information content (AvgIpc) is 3.10. The maximum Gasteiger partial charge on any atom is 0.313 e.